The van der Waals surface area contributed by atoms with Gasteiger partial charge in [0.2, 0.25) is 11.8 Å². The number of pyridine rings is 2. The Kier molecular flexibility index (Phi) is 6.68. The highest BCUT2D eigenvalue weighted by Crippen LogP contribution is 2.33. The first-order chi connectivity index (χ1) is 14.5. The number of hydrogen-bond donors (Lipinski definition) is 2. The van der Waals surface area contributed by atoms with E-state index in [0.717, 1.165) is 18.9 Å². The van der Waals surface area contributed by atoms with E-state index in [1.165, 1.54) is 6.07 Å². The van der Waals surface area contributed by atoms with E-state index in [1.54, 1.807) is 19.9 Å². The second-order valence-corrected chi connectivity index (χ2v) is 7.70. The summed E-state index contributed by atoms with van der Waals surface area (Å²) in [5, 5.41) is 5.08. The Hall–Kier alpha value is -2.88. The number of amides is 2. The molecule has 2 aromatic heterocycles. The number of nitrogens with one attached hydrogen (secondary N) is 2. The summed E-state index contributed by atoms with van der Waals surface area (Å²) in [5.41, 5.74) is -0.122. The highest BCUT2D eigenvalue weighted by molar-refractivity contribution is 6.31. The van der Waals surface area contributed by atoms with Crippen LogP contribution in [0, 0.1) is 12.8 Å². The first-order valence-electron chi connectivity index (χ1n) is 9.50. The van der Waals surface area contributed by atoms with E-state index < -0.39 is 23.8 Å². The van der Waals surface area contributed by atoms with Crippen molar-refractivity contribution in [2.24, 2.45) is 5.92 Å². The van der Waals surface area contributed by atoms with E-state index in [0.29, 0.717) is 23.3 Å². The third-order valence-corrected chi connectivity index (χ3v) is 4.68. The van der Waals surface area contributed by atoms with Crippen LogP contribution in [0.15, 0.2) is 24.4 Å². The summed E-state index contributed by atoms with van der Waals surface area (Å²) in [5.74, 6) is -0.404. The van der Waals surface area contributed by atoms with Gasteiger partial charge in [0.1, 0.15) is 16.9 Å². The Bertz CT molecular complexity index is 996. The number of aromatic nitrogens is 2. The van der Waals surface area contributed by atoms with Crippen LogP contribution in [0.5, 0.6) is 5.88 Å². The maximum atomic E-state index is 12.7. The van der Waals surface area contributed by atoms with Crippen molar-refractivity contribution < 1.29 is 27.5 Å². The van der Waals surface area contributed by atoms with Crippen LogP contribution >= 0.6 is 11.6 Å². The van der Waals surface area contributed by atoms with Crippen LogP contribution in [0.2, 0.25) is 5.02 Å². The van der Waals surface area contributed by atoms with Crippen molar-refractivity contribution >= 4 is 29.2 Å². The molecule has 2 heterocycles. The molecule has 0 radical (unpaired) electrons. The van der Waals surface area contributed by atoms with Gasteiger partial charge in [-0.1, -0.05) is 11.6 Å². The van der Waals surface area contributed by atoms with E-state index in [1.807, 2.05) is 0 Å². The largest absolute Gasteiger partial charge is 0.472 e. The summed E-state index contributed by atoms with van der Waals surface area (Å²) in [6, 6.07) is 3.77. The molecule has 0 spiro atoms. The molecule has 0 aliphatic heterocycles. The van der Waals surface area contributed by atoms with Crippen molar-refractivity contribution in [2.45, 2.75) is 39.0 Å². The van der Waals surface area contributed by atoms with Gasteiger partial charge in [0.25, 0.3) is 5.91 Å². The molecule has 166 valence electrons. The minimum atomic E-state index is -4.56. The Morgan fingerprint density at radius 1 is 1.29 bits per heavy atom. The average Bonchev–Trinajstić information content (AvgIpc) is 3.51. The predicted octanol–water partition coefficient (Wildman–Crippen LogP) is 4.00. The number of alkyl halides is 3. The first-order valence-corrected chi connectivity index (χ1v) is 9.88. The summed E-state index contributed by atoms with van der Waals surface area (Å²) in [4.78, 5) is 32.2. The zero-order chi connectivity index (χ0) is 22.8. The monoisotopic (exact) mass is 456 g/mol. The number of anilines is 1. The van der Waals surface area contributed by atoms with Gasteiger partial charge in [-0.2, -0.15) is 13.2 Å². The fourth-order valence-electron chi connectivity index (χ4n) is 2.68. The SMILES string of the molecule is Cc1cc(C(=O)NCC(C)Oc2ncc(C(F)(F)F)cc2Cl)cc(NC(=O)C2CC2)n1. The van der Waals surface area contributed by atoms with Crippen molar-refractivity contribution in [1.29, 1.82) is 0 Å². The van der Waals surface area contributed by atoms with Gasteiger partial charge in [-0.25, -0.2) is 9.97 Å². The molecule has 1 aliphatic carbocycles. The lowest BCUT2D eigenvalue weighted by Crippen LogP contribution is -2.34. The predicted molar refractivity (Wildman–Crippen MR) is 107 cm³/mol. The molecule has 1 fully saturated rings. The maximum absolute atomic E-state index is 12.7. The Labute approximate surface area is 181 Å². The number of hydrogen-bond acceptors (Lipinski definition) is 5. The number of carbonyl (C=O) groups excluding carboxylic acids is 2. The minimum Gasteiger partial charge on any atom is -0.472 e. The highest BCUT2D eigenvalue weighted by Gasteiger charge is 2.32. The summed E-state index contributed by atoms with van der Waals surface area (Å²) in [6.45, 7) is 3.35. The standard InChI is InChI=1S/C20H20ClF3N4O3/c1-10-5-13(6-16(27-10)28-18(30)12-3-4-12)17(29)25-8-11(2)31-19-15(21)7-14(9-26-19)20(22,23)24/h5-7,9,11-12H,3-4,8H2,1-2H3,(H,25,29)(H,27,28,30). The molecule has 2 amide bonds. The molecule has 3 rings (SSSR count). The van der Waals surface area contributed by atoms with Crippen molar-refractivity contribution in [2.75, 3.05) is 11.9 Å². The molecule has 1 aliphatic rings. The lowest BCUT2D eigenvalue weighted by molar-refractivity contribution is -0.137. The summed E-state index contributed by atoms with van der Waals surface area (Å²) in [7, 11) is 0. The van der Waals surface area contributed by atoms with Gasteiger partial charge >= 0.3 is 6.18 Å². The topological polar surface area (TPSA) is 93.2 Å². The van der Waals surface area contributed by atoms with Crippen molar-refractivity contribution in [1.82, 2.24) is 15.3 Å². The lowest BCUT2D eigenvalue weighted by atomic mass is 10.2. The van der Waals surface area contributed by atoms with Gasteiger partial charge in [0, 0.05) is 23.4 Å². The van der Waals surface area contributed by atoms with Crippen LogP contribution in [0.1, 0.15) is 41.4 Å². The first kappa shape index (κ1) is 22.8. The summed E-state index contributed by atoms with van der Waals surface area (Å²) < 4.78 is 43.5. The van der Waals surface area contributed by atoms with Crippen LogP contribution in [0.25, 0.3) is 0 Å². The second kappa shape index (κ2) is 9.09. The number of aryl methyl sites for hydroxylation is 1. The van der Waals surface area contributed by atoms with Crippen LogP contribution in [0.4, 0.5) is 19.0 Å². The molecule has 2 N–H and O–H groups in total. The molecule has 0 saturated heterocycles. The molecule has 7 nitrogen and oxygen atoms in total. The Balaban J connectivity index is 1.57. The fraction of sp³-hybridized carbons (Fsp3) is 0.400. The summed E-state index contributed by atoms with van der Waals surface area (Å²) in [6.07, 6.45) is -2.86. The number of halogens is 4. The molecular formula is C20H20ClF3N4O3. The van der Waals surface area contributed by atoms with Gasteiger partial charge in [-0.15, -0.1) is 0 Å². The lowest BCUT2D eigenvalue weighted by Gasteiger charge is -2.16. The van der Waals surface area contributed by atoms with Gasteiger partial charge < -0.3 is 15.4 Å². The molecule has 11 heteroatoms. The Morgan fingerprint density at radius 3 is 2.61 bits per heavy atom. The summed E-state index contributed by atoms with van der Waals surface area (Å²) >= 11 is 5.82. The van der Waals surface area contributed by atoms with E-state index >= 15 is 0 Å². The van der Waals surface area contributed by atoms with Crippen LogP contribution in [-0.4, -0.2) is 34.4 Å². The maximum Gasteiger partial charge on any atom is 0.417 e. The van der Waals surface area contributed by atoms with Crippen molar-refractivity contribution in [3.8, 4) is 5.88 Å². The van der Waals surface area contributed by atoms with Crippen LogP contribution < -0.4 is 15.4 Å². The smallest absolute Gasteiger partial charge is 0.417 e. The number of ether oxygens (including phenoxy) is 1. The van der Waals surface area contributed by atoms with Gasteiger partial charge in [-0.3, -0.25) is 9.59 Å². The van der Waals surface area contributed by atoms with E-state index in [9.17, 15) is 22.8 Å². The van der Waals surface area contributed by atoms with E-state index in [2.05, 4.69) is 20.6 Å². The molecular weight excluding hydrogens is 437 g/mol. The van der Waals surface area contributed by atoms with E-state index in [-0.39, 0.29) is 29.3 Å². The molecule has 2 aromatic rings. The normalized spacial score (nSPS) is 14.6. The fourth-order valence-corrected chi connectivity index (χ4v) is 2.89. The number of nitrogens with zero attached hydrogens (tertiary/aromatic N) is 2. The minimum absolute atomic E-state index is 0.00298. The second-order valence-electron chi connectivity index (χ2n) is 7.29. The third-order valence-electron chi connectivity index (χ3n) is 4.41. The van der Waals surface area contributed by atoms with Crippen LogP contribution in [-0.2, 0) is 11.0 Å². The number of carbonyl (C=O) groups is 2. The van der Waals surface area contributed by atoms with Gasteiger partial charge in [0.05, 0.1) is 12.1 Å². The molecule has 31 heavy (non-hydrogen) atoms. The molecule has 0 aromatic carbocycles. The third kappa shape index (κ3) is 6.30. The van der Waals surface area contributed by atoms with Crippen molar-refractivity contribution in [3.63, 3.8) is 0 Å². The molecule has 1 saturated carbocycles. The quantitative estimate of drug-likeness (QED) is 0.656. The van der Waals surface area contributed by atoms with Crippen LogP contribution in [0.3, 0.4) is 0 Å². The molecule has 0 bridgehead atoms. The van der Waals surface area contributed by atoms with Gasteiger partial charge in [-0.05, 0) is 44.9 Å². The van der Waals surface area contributed by atoms with E-state index in [4.69, 9.17) is 16.3 Å². The molecule has 1 atom stereocenters. The van der Waals surface area contributed by atoms with Crippen molar-refractivity contribution in [3.05, 3.63) is 46.2 Å². The van der Waals surface area contributed by atoms with Gasteiger partial charge in [0.15, 0.2) is 0 Å². The average molecular weight is 457 g/mol. The molecule has 1 unspecified atom stereocenters. The Morgan fingerprint density at radius 2 is 2.00 bits per heavy atom. The number of rotatable bonds is 7. The zero-order valence-corrected chi connectivity index (χ0v) is 17.5. The zero-order valence-electron chi connectivity index (χ0n) is 16.7. The highest BCUT2D eigenvalue weighted by atomic mass is 35.5.